The van der Waals surface area contributed by atoms with Gasteiger partial charge in [-0.25, -0.2) is 4.39 Å². The van der Waals surface area contributed by atoms with Crippen LogP contribution in [0.3, 0.4) is 0 Å². The van der Waals surface area contributed by atoms with Gasteiger partial charge in [-0.3, -0.25) is 14.8 Å². The Morgan fingerprint density at radius 2 is 2.15 bits per heavy atom. The van der Waals surface area contributed by atoms with Crippen LogP contribution in [-0.4, -0.2) is 41.7 Å². The molecular weight excluding hydrogens is 419 g/mol. The smallest absolute Gasteiger partial charge is 0.169 e. The van der Waals surface area contributed by atoms with Crippen molar-refractivity contribution in [3.05, 3.63) is 83.2 Å². The van der Waals surface area contributed by atoms with E-state index in [1.54, 1.807) is 31.6 Å². The molecule has 0 radical (unpaired) electrons. The van der Waals surface area contributed by atoms with E-state index >= 15 is 0 Å². The van der Waals surface area contributed by atoms with Gasteiger partial charge in [0.25, 0.3) is 0 Å². The van der Waals surface area contributed by atoms with Gasteiger partial charge < -0.3 is 14.6 Å². The highest BCUT2D eigenvalue weighted by atomic mass is 19.1. The molecule has 3 aromatic rings. The summed E-state index contributed by atoms with van der Waals surface area (Å²) in [7, 11) is 1.80. The zero-order chi connectivity index (χ0) is 23.0. The second-order valence-corrected chi connectivity index (χ2v) is 7.92. The van der Waals surface area contributed by atoms with Crippen molar-refractivity contribution >= 4 is 29.5 Å². The summed E-state index contributed by atoms with van der Waals surface area (Å²) < 4.78 is 21.5. The second-order valence-electron chi connectivity index (χ2n) is 7.92. The number of rotatable bonds is 10. The number of halogens is 1. The minimum atomic E-state index is -0.264. The normalized spacial score (nSPS) is 15.5. The first-order valence-corrected chi connectivity index (χ1v) is 11.0. The number of aliphatic imine (C=N–C) groups is 1. The quantitative estimate of drug-likeness (QED) is 0.367. The summed E-state index contributed by atoms with van der Waals surface area (Å²) in [5.74, 6) is -0.264. The number of pyridine rings is 1. The van der Waals surface area contributed by atoms with Crippen molar-refractivity contribution in [2.45, 2.75) is 32.0 Å². The molecule has 3 heterocycles. The van der Waals surface area contributed by atoms with Gasteiger partial charge in [0.05, 0.1) is 24.4 Å². The monoisotopic (exact) mass is 446 g/mol. The molecule has 1 unspecified atom stereocenters. The lowest BCUT2D eigenvalue weighted by atomic mass is 10.1. The highest BCUT2D eigenvalue weighted by Gasteiger charge is 2.16. The van der Waals surface area contributed by atoms with Crippen LogP contribution >= 0.6 is 0 Å². The Morgan fingerprint density at radius 1 is 1.30 bits per heavy atom. The van der Waals surface area contributed by atoms with Gasteiger partial charge in [-0.1, -0.05) is 18.2 Å². The van der Waals surface area contributed by atoms with Gasteiger partial charge in [0.2, 0.25) is 0 Å². The van der Waals surface area contributed by atoms with Crippen molar-refractivity contribution in [3.8, 4) is 0 Å². The van der Waals surface area contributed by atoms with E-state index in [2.05, 4.69) is 25.9 Å². The largest absolute Gasteiger partial charge is 0.394 e. The lowest BCUT2D eigenvalue weighted by Crippen LogP contribution is -2.10. The number of hydrogen-bond acceptors (Lipinski definition) is 5. The van der Waals surface area contributed by atoms with Crippen LogP contribution < -0.4 is 5.32 Å². The molecule has 0 bridgehead atoms. The number of carbonyl (C=O) groups is 1. The lowest BCUT2D eigenvalue weighted by molar-refractivity contribution is 0.111. The summed E-state index contributed by atoms with van der Waals surface area (Å²) >= 11 is 0. The van der Waals surface area contributed by atoms with Crippen LogP contribution in [0.4, 0.5) is 4.39 Å². The summed E-state index contributed by atoms with van der Waals surface area (Å²) in [5.41, 5.74) is 3.95. The number of allylic oxidation sites excluding steroid dienone is 1. The van der Waals surface area contributed by atoms with Gasteiger partial charge in [-0.05, 0) is 48.9 Å². The Bertz CT molecular complexity index is 1200. The van der Waals surface area contributed by atoms with E-state index in [0.717, 1.165) is 46.7 Å². The Labute approximate surface area is 192 Å². The molecule has 0 fully saturated rings. The van der Waals surface area contributed by atoms with Crippen molar-refractivity contribution < 1.29 is 13.9 Å². The van der Waals surface area contributed by atoms with Crippen molar-refractivity contribution in [2.75, 3.05) is 13.7 Å². The molecule has 0 saturated heterocycles. The van der Waals surface area contributed by atoms with E-state index < -0.39 is 0 Å². The summed E-state index contributed by atoms with van der Waals surface area (Å²) in [6.07, 6.45) is 15.9. The highest BCUT2D eigenvalue weighted by molar-refractivity contribution is 5.97. The topological polar surface area (TPSA) is 68.5 Å². The summed E-state index contributed by atoms with van der Waals surface area (Å²) in [5, 5.41) is 3.91. The highest BCUT2D eigenvalue weighted by Crippen LogP contribution is 2.29. The number of aromatic nitrogens is 2. The predicted molar refractivity (Wildman–Crippen MR) is 129 cm³/mol. The maximum Gasteiger partial charge on any atom is 0.169 e. The van der Waals surface area contributed by atoms with E-state index in [0.29, 0.717) is 25.5 Å². The van der Waals surface area contributed by atoms with Gasteiger partial charge in [0.1, 0.15) is 11.5 Å². The van der Waals surface area contributed by atoms with Crippen molar-refractivity contribution in [3.63, 3.8) is 0 Å². The minimum absolute atomic E-state index is 0.259. The van der Waals surface area contributed by atoms with Crippen LogP contribution in [0.15, 0.2) is 60.0 Å². The third-order valence-corrected chi connectivity index (χ3v) is 5.64. The van der Waals surface area contributed by atoms with Crippen LogP contribution in [-0.2, 0) is 17.9 Å². The molecule has 7 heteroatoms. The molecule has 1 atom stereocenters. The molecule has 0 amide bonds. The van der Waals surface area contributed by atoms with Crippen LogP contribution in [0.5, 0.6) is 0 Å². The van der Waals surface area contributed by atoms with E-state index in [4.69, 9.17) is 4.74 Å². The summed E-state index contributed by atoms with van der Waals surface area (Å²) in [6.45, 7) is 1.55. The molecule has 4 rings (SSSR count). The Kier molecular flexibility index (Phi) is 7.42. The number of benzene rings is 1. The van der Waals surface area contributed by atoms with E-state index in [1.807, 2.05) is 24.6 Å². The summed E-state index contributed by atoms with van der Waals surface area (Å²) in [4.78, 5) is 20.5. The molecule has 2 aromatic heterocycles. The predicted octanol–water partition coefficient (Wildman–Crippen LogP) is 4.53. The maximum atomic E-state index is 13.4. The first-order valence-electron chi connectivity index (χ1n) is 11.0. The maximum absolute atomic E-state index is 13.4. The molecule has 0 aliphatic carbocycles. The number of nitrogens with zero attached hydrogens (tertiary/aromatic N) is 3. The fraction of sp³-hybridized carbons (Fsp3) is 0.269. The van der Waals surface area contributed by atoms with E-state index in [1.165, 1.54) is 12.1 Å². The standard InChI is InChI=1S/C26H27FN4O2/c1-28-12-9-23-24(17-32)30-14-25-26(23)20(18-33-13-10-22-4-2-3-11-29-22)16-31(25)15-19-5-7-21(27)8-6-19/h2-3,5-9,11-12,14,16-17,22,28H,4,10,13,15,18H2,1H3/b12-9-. The molecular formula is C26H27FN4O2. The molecule has 6 nitrogen and oxygen atoms in total. The van der Waals surface area contributed by atoms with Crippen LogP contribution in [0.1, 0.15) is 40.0 Å². The van der Waals surface area contributed by atoms with Gasteiger partial charge in [-0.15, -0.1) is 0 Å². The number of dihydropyridines is 1. The van der Waals surface area contributed by atoms with Crippen LogP contribution in [0, 0.1) is 5.82 Å². The number of fused-ring (bicyclic) bond motifs is 1. The molecule has 1 aliphatic rings. The van der Waals surface area contributed by atoms with Crippen LogP contribution in [0.2, 0.25) is 0 Å². The van der Waals surface area contributed by atoms with Gasteiger partial charge in [-0.2, -0.15) is 0 Å². The van der Waals surface area contributed by atoms with E-state index in [9.17, 15) is 9.18 Å². The lowest BCUT2D eigenvalue weighted by Gasteiger charge is -2.12. The first kappa shape index (κ1) is 22.6. The number of nitrogens with one attached hydrogen (secondary N) is 1. The SMILES string of the molecule is CN/C=C\c1c(C=O)ncc2c1c(COCCC1CC=CC=N1)cn2Cc1ccc(F)cc1. The minimum Gasteiger partial charge on any atom is -0.394 e. The number of ether oxygens (including phenoxy) is 1. The van der Waals surface area contributed by atoms with Crippen molar-refractivity contribution in [2.24, 2.45) is 4.99 Å². The third kappa shape index (κ3) is 5.43. The zero-order valence-electron chi connectivity index (χ0n) is 18.6. The second kappa shape index (κ2) is 10.8. The first-order chi connectivity index (χ1) is 16.2. The van der Waals surface area contributed by atoms with Crippen LogP contribution in [0.25, 0.3) is 17.0 Å². The summed E-state index contributed by atoms with van der Waals surface area (Å²) in [6, 6.07) is 6.71. The molecule has 33 heavy (non-hydrogen) atoms. The number of hydrogen-bond donors (Lipinski definition) is 1. The van der Waals surface area contributed by atoms with Gasteiger partial charge in [0, 0.05) is 49.1 Å². The third-order valence-electron chi connectivity index (χ3n) is 5.64. The fourth-order valence-corrected chi connectivity index (χ4v) is 3.99. The molecule has 0 saturated carbocycles. The zero-order valence-corrected chi connectivity index (χ0v) is 18.6. The fourth-order valence-electron chi connectivity index (χ4n) is 3.99. The number of carbonyl (C=O) groups excluding carboxylic acids is 1. The Hall–Kier alpha value is -3.58. The van der Waals surface area contributed by atoms with Gasteiger partial charge in [0.15, 0.2) is 6.29 Å². The molecule has 1 aromatic carbocycles. The Morgan fingerprint density at radius 3 is 2.88 bits per heavy atom. The van der Waals surface area contributed by atoms with E-state index in [-0.39, 0.29) is 11.9 Å². The molecule has 1 aliphatic heterocycles. The average Bonchev–Trinajstić information content (AvgIpc) is 3.19. The van der Waals surface area contributed by atoms with Crippen molar-refractivity contribution in [1.29, 1.82) is 0 Å². The number of aldehydes is 1. The average molecular weight is 447 g/mol. The molecule has 1 N–H and O–H groups in total. The molecule has 0 spiro atoms. The van der Waals surface area contributed by atoms with Crippen molar-refractivity contribution in [1.82, 2.24) is 14.9 Å². The molecule has 170 valence electrons. The van der Waals surface area contributed by atoms with Gasteiger partial charge >= 0.3 is 0 Å². The Balaban J connectivity index is 1.64.